The SMILES string of the molecule is COc1cc(CN2CCC(C(=O)N3CCC(F)(F)CC3)C2)cc(OC)c1. The zero-order valence-electron chi connectivity index (χ0n) is 15.3. The van der Waals surface area contributed by atoms with Gasteiger partial charge >= 0.3 is 0 Å². The monoisotopic (exact) mass is 368 g/mol. The Bertz CT molecular complexity index is 621. The van der Waals surface area contributed by atoms with E-state index in [1.165, 1.54) is 0 Å². The van der Waals surface area contributed by atoms with Gasteiger partial charge in [-0.3, -0.25) is 9.69 Å². The Labute approximate surface area is 152 Å². The Morgan fingerprint density at radius 1 is 1.12 bits per heavy atom. The zero-order chi connectivity index (χ0) is 18.7. The van der Waals surface area contributed by atoms with Gasteiger partial charge in [0, 0.05) is 45.1 Å². The van der Waals surface area contributed by atoms with Crippen LogP contribution in [0.25, 0.3) is 0 Å². The summed E-state index contributed by atoms with van der Waals surface area (Å²) in [4.78, 5) is 16.5. The van der Waals surface area contributed by atoms with Gasteiger partial charge in [-0.25, -0.2) is 8.78 Å². The maximum atomic E-state index is 13.3. The van der Waals surface area contributed by atoms with E-state index >= 15 is 0 Å². The predicted octanol–water partition coefficient (Wildman–Crippen LogP) is 2.78. The number of piperidine rings is 1. The molecule has 2 aliphatic rings. The van der Waals surface area contributed by atoms with Crippen molar-refractivity contribution in [1.29, 1.82) is 0 Å². The first-order chi connectivity index (χ1) is 12.4. The average molecular weight is 368 g/mol. The highest BCUT2D eigenvalue weighted by molar-refractivity contribution is 5.79. The van der Waals surface area contributed by atoms with E-state index in [1.807, 2.05) is 18.2 Å². The molecule has 0 aromatic heterocycles. The Morgan fingerprint density at radius 2 is 1.73 bits per heavy atom. The summed E-state index contributed by atoms with van der Waals surface area (Å²) in [5.41, 5.74) is 1.06. The predicted molar refractivity (Wildman–Crippen MR) is 93.7 cm³/mol. The first-order valence-electron chi connectivity index (χ1n) is 9.01. The number of rotatable bonds is 5. The highest BCUT2D eigenvalue weighted by atomic mass is 19.3. The van der Waals surface area contributed by atoms with Crippen LogP contribution in [0, 0.1) is 5.92 Å². The molecule has 26 heavy (non-hydrogen) atoms. The second kappa shape index (κ2) is 7.78. The average Bonchev–Trinajstić information content (AvgIpc) is 3.09. The Kier molecular flexibility index (Phi) is 5.65. The summed E-state index contributed by atoms with van der Waals surface area (Å²) < 4.78 is 37.2. The van der Waals surface area contributed by atoms with Crippen molar-refractivity contribution in [1.82, 2.24) is 9.80 Å². The molecule has 3 rings (SSSR count). The lowest BCUT2D eigenvalue weighted by molar-refractivity contribution is -0.141. The van der Waals surface area contributed by atoms with Gasteiger partial charge in [-0.15, -0.1) is 0 Å². The molecule has 0 bridgehead atoms. The van der Waals surface area contributed by atoms with Gasteiger partial charge in [0.05, 0.1) is 20.1 Å². The summed E-state index contributed by atoms with van der Waals surface area (Å²) in [6.45, 7) is 2.51. The zero-order valence-corrected chi connectivity index (χ0v) is 15.3. The van der Waals surface area contributed by atoms with E-state index in [2.05, 4.69) is 4.90 Å². The molecule has 0 radical (unpaired) electrons. The van der Waals surface area contributed by atoms with Crippen LogP contribution in [0.15, 0.2) is 18.2 Å². The van der Waals surface area contributed by atoms with Crippen LogP contribution in [-0.2, 0) is 11.3 Å². The van der Waals surface area contributed by atoms with Gasteiger partial charge in [0.25, 0.3) is 5.92 Å². The molecule has 2 aliphatic heterocycles. The van der Waals surface area contributed by atoms with Gasteiger partial charge < -0.3 is 14.4 Å². The van der Waals surface area contributed by atoms with Crippen molar-refractivity contribution in [2.24, 2.45) is 5.92 Å². The summed E-state index contributed by atoms with van der Waals surface area (Å²) in [6, 6.07) is 5.75. The third kappa shape index (κ3) is 4.44. The van der Waals surface area contributed by atoms with Crippen molar-refractivity contribution in [2.45, 2.75) is 31.7 Å². The van der Waals surface area contributed by atoms with Crippen molar-refractivity contribution < 1.29 is 23.0 Å². The second-order valence-electron chi connectivity index (χ2n) is 7.12. The minimum atomic E-state index is -2.62. The molecule has 2 fully saturated rings. The van der Waals surface area contributed by atoms with E-state index in [0.29, 0.717) is 13.1 Å². The molecule has 144 valence electrons. The standard InChI is InChI=1S/C19H26F2N2O3/c1-25-16-9-14(10-17(11-16)26-2)12-22-6-3-15(13-22)18(24)23-7-4-19(20,21)5-8-23/h9-11,15H,3-8,12-13H2,1-2H3. The molecule has 2 heterocycles. The van der Waals surface area contributed by atoms with Gasteiger partial charge in [0.2, 0.25) is 5.91 Å². The number of likely N-dealkylation sites (tertiary alicyclic amines) is 2. The first-order valence-corrected chi connectivity index (χ1v) is 9.01. The van der Waals surface area contributed by atoms with Crippen molar-refractivity contribution in [2.75, 3.05) is 40.4 Å². The molecule has 2 saturated heterocycles. The Morgan fingerprint density at radius 3 is 2.31 bits per heavy atom. The summed E-state index contributed by atoms with van der Waals surface area (Å²) in [5, 5.41) is 0. The largest absolute Gasteiger partial charge is 0.497 e. The highest BCUT2D eigenvalue weighted by Gasteiger charge is 2.38. The third-order valence-corrected chi connectivity index (χ3v) is 5.25. The van der Waals surface area contributed by atoms with Crippen molar-refractivity contribution in [3.8, 4) is 11.5 Å². The normalized spacial score (nSPS) is 23.1. The second-order valence-corrected chi connectivity index (χ2v) is 7.12. The van der Waals surface area contributed by atoms with Crippen molar-refractivity contribution in [3.05, 3.63) is 23.8 Å². The molecular formula is C19H26F2N2O3. The minimum Gasteiger partial charge on any atom is -0.497 e. The summed E-state index contributed by atoms with van der Waals surface area (Å²) >= 11 is 0. The number of ether oxygens (including phenoxy) is 2. The van der Waals surface area contributed by atoms with E-state index in [4.69, 9.17) is 9.47 Å². The highest BCUT2D eigenvalue weighted by Crippen LogP contribution is 2.30. The van der Waals surface area contributed by atoms with Gasteiger partial charge in [-0.1, -0.05) is 0 Å². The van der Waals surface area contributed by atoms with E-state index in [9.17, 15) is 13.6 Å². The minimum absolute atomic E-state index is 0.0197. The van der Waals surface area contributed by atoms with E-state index < -0.39 is 5.92 Å². The molecule has 1 unspecified atom stereocenters. The topological polar surface area (TPSA) is 42.0 Å². The maximum absolute atomic E-state index is 13.3. The van der Waals surface area contributed by atoms with Crippen LogP contribution < -0.4 is 9.47 Å². The summed E-state index contributed by atoms with van der Waals surface area (Å²) in [5.74, 6) is -1.23. The van der Waals surface area contributed by atoms with Crippen molar-refractivity contribution in [3.63, 3.8) is 0 Å². The molecule has 1 amide bonds. The number of alkyl halides is 2. The van der Waals surface area contributed by atoms with Crippen LogP contribution in [0.5, 0.6) is 11.5 Å². The van der Waals surface area contributed by atoms with E-state index in [0.717, 1.165) is 30.0 Å². The molecule has 1 aromatic rings. The third-order valence-electron chi connectivity index (χ3n) is 5.25. The summed E-state index contributed by atoms with van der Waals surface area (Å²) in [7, 11) is 3.23. The van der Waals surface area contributed by atoms with Gasteiger partial charge in [0.15, 0.2) is 0 Å². The number of benzene rings is 1. The van der Waals surface area contributed by atoms with E-state index in [-0.39, 0.29) is 37.8 Å². The molecule has 1 atom stereocenters. The van der Waals surface area contributed by atoms with Crippen LogP contribution in [0.1, 0.15) is 24.8 Å². The quantitative estimate of drug-likeness (QED) is 0.802. The molecule has 0 saturated carbocycles. The number of carbonyl (C=O) groups is 1. The first kappa shape index (κ1) is 18.9. The van der Waals surface area contributed by atoms with Gasteiger partial charge in [-0.05, 0) is 30.7 Å². The Balaban J connectivity index is 1.56. The number of halogens is 2. The van der Waals surface area contributed by atoms with Crippen molar-refractivity contribution >= 4 is 5.91 Å². The molecule has 0 N–H and O–H groups in total. The number of carbonyl (C=O) groups excluding carboxylic acids is 1. The van der Waals surface area contributed by atoms with E-state index in [1.54, 1.807) is 19.1 Å². The number of hydrogen-bond acceptors (Lipinski definition) is 4. The lowest BCUT2D eigenvalue weighted by Crippen LogP contribution is -2.45. The van der Waals surface area contributed by atoms with Crippen LogP contribution in [-0.4, -0.2) is 62.0 Å². The fourth-order valence-electron chi connectivity index (χ4n) is 3.71. The number of nitrogens with zero attached hydrogens (tertiary/aromatic N) is 2. The lowest BCUT2D eigenvalue weighted by Gasteiger charge is -2.33. The fourth-order valence-corrected chi connectivity index (χ4v) is 3.71. The number of amides is 1. The number of hydrogen-bond donors (Lipinski definition) is 0. The molecule has 0 spiro atoms. The molecule has 5 nitrogen and oxygen atoms in total. The van der Waals surface area contributed by atoms with Crippen LogP contribution in [0.4, 0.5) is 8.78 Å². The molecule has 0 aliphatic carbocycles. The van der Waals surface area contributed by atoms with Crippen LogP contribution in [0.2, 0.25) is 0 Å². The summed E-state index contributed by atoms with van der Waals surface area (Å²) in [6.07, 6.45) is 0.324. The van der Waals surface area contributed by atoms with Crippen LogP contribution >= 0.6 is 0 Å². The number of methoxy groups -OCH3 is 2. The molecule has 1 aromatic carbocycles. The lowest BCUT2D eigenvalue weighted by atomic mass is 10.0. The molecular weight excluding hydrogens is 342 g/mol. The molecule has 7 heteroatoms. The Hall–Kier alpha value is -1.89. The van der Waals surface area contributed by atoms with Gasteiger partial charge in [-0.2, -0.15) is 0 Å². The maximum Gasteiger partial charge on any atom is 0.251 e. The smallest absolute Gasteiger partial charge is 0.251 e. The van der Waals surface area contributed by atoms with Gasteiger partial charge in [0.1, 0.15) is 11.5 Å². The fraction of sp³-hybridized carbons (Fsp3) is 0.632. The van der Waals surface area contributed by atoms with Crippen LogP contribution in [0.3, 0.4) is 0 Å².